The number of rotatable bonds is 2. The van der Waals surface area contributed by atoms with Crippen molar-refractivity contribution in [3.63, 3.8) is 0 Å². The molecule has 1 aromatic rings. The Morgan fingerprint density at radius 1 is 1.67 bits per heavy atom. The Kier molecular flexibility index (Phi) is 3.27. The number of halogens is 1. The summed E-state index contributed by atoms with van der Waals surface area (Å²) in [4.78, 5) is 14.9. The zero-order valence-electron chi connectivity index (χ0n) is 6.28. The van der Waals surface area contributed by atoms with Crippen molar-refractivity contribution in [1.29, 1.82) is 0 Å². The summed E-state index contributed by atoms with van der Waals surface area (Å²) in [6, 6.07) is 3.23. The number of aromatic nitrogens is 1. The topological polar surface area (TPSA) is 48.4 Å². The second kappa shape index (κ2) is 4.24. The molecule has 5 heteroatoms. The van der Waals surface area contributed by atoms with E-state index in [4.69, 9.17) is 4.74 Å². The van der Waals surface area contributed by atoms with E-state index in [9.17, 15) is 4.79 Å². The van der Waals surface area contributed by atoms with Gasteiger partial charge in [-0.1, -0.05) is 0 Å². The van der Waals surface area contributed by atoms with E-state index in [1.807, 2.05) is 0 Å². The standard InChI is InChI=1S/C7H6INO3/c1-11-6-5(7(10)12-8)3-2-4-9-6/h2-4H,1H3. The molecule has 1 heterocycles. The van der Waals surface area contributed by atoms with Crippen LogP contribution in [0.1, 0.15) is 10.4 Å². The number of methoxy groups -OCH3 is 1. The van der Waals surface area contributed by atoms with E-state index in [0.717, 1.165) is 0 Å². The van der Waals surface area contributed by atoms with Gasteiger partial charge in [0.25, 0.3) is 0 Å². The molecule has 0 aliphatic rings. The van der Waals surface area contributed by atoms with Crippen molar-refractivity contribution < 1.29 is 12.6 Å². The molecule has 1 rings (SSSR count). The molecule has 0 aliphatic carbocycles. The van der Waals surface area contributed by atoms with Crippen LogP contribution in [0.2, 0.25) is 0 Å². The Hall–Kier alpha value is -0.850. The Morgan fingerprint density at radius 3 is 3.00 bits per heavy atom. The normalized spacial score (nSPS) is 9.17. The summed E-state index contributed by atoms with van der Waals surface area (Å²) < 4.78 is 9.34. The Bertz CT molecular complexity index is 290. The molecule has 1 aromatic heterocycles. The van der Waals surface area contributed by atoms with E-state index in [-0.39, 0.29) is 5.88 Å². The Labute approximate surface area is 83.6 Å². The highest BCUT2D eigenvalue weighted by Crippen LogP contribution is 2.15. The van der Waals surface area contributed by atoms with Gasteiger partial charge in [-0.15, -0.1) is 0 Å². The predicted molar refractivity (Wildman–Crippen MR) is 50.2 cm³/mol. The maximum absolute atomic E-state index is 11.0. The average molecular weight is 279 g/mol. The van der Waals surface area contributed by atoms with Gasteiger partial charge >= 0.3 is 5.97 Å². The lowest BCUT2D eigenvalue weighted by Gasteiger charge is -2.02. The van der Waals surface area contributed by atoms with Gasteiger partial charge in [0.2, 0.25) is 5.88 Å². The van der Waals surface area contributed by atoms with E-state index in [2.05, 4.69) is 8.05 Å². The van der Waals surface area contributed by atoms with E-state index < -0.39 is 5.97 Å². The van der Waals surface area contributed by atoms with Crippen LogP contribution in [-0.2, 0) is 3.07 Å². The highest BCUT2D eigenvalue weighted by molar-refractivity contribution is 14.1. The largest absolute Gasteiger partial charge is 0.480 e. The van der Waals surface area contributed by atoms with E-state index in [1.165, 1.54) is 30.1 Å². The SMILES string of the molecule is COc1ncccc1C(=O)OI. The average Bonchev–Trinajstić information content (AvgIpc) is 2.16. The summed E-state index contributed by atoms with van der Waals surface area (Å²) in [5, 5.41) is 0. The predicted octanol–water partition coefficient (Wildman–Crippen LogP) is 1.60. The van der Waals surface area contributed by atoms with E-state index in [0.29, 0.717) is 5.56 Å². The molecule has 0 radical (unpaired) electrons. The third-order valence-electron chi connectivity index (χ3n) is 1.25. The van der Waals surface area contributed by atoms with Crippen LogP contribution in [-0.4, -0.2) is 18.1 Å². The quantitative estimate of drug-likeness (QED) is 0.771. The highest BCUT2D eigenvalue weighted by atomic mass is 127. The molecule has 0 aliphatic heterocycles. The summed E-state index contributed by atoms with van der Waals surface area (Å²) in [5.74, 6) is -0.181. The molecule has 0 spiro atoms. The number of pyridine rings is 1. The van der Waals surface area contributed by atoms with Crippen molar-refractivity contribution in [3.8, 4) is 5.88 Å². The lowest BCUT2D eigenvalue weighted by atomic mass is 10.3. The molecule has 0 bridgehead atoms. The van der Waals surface area contributed by atoms with Crippen molar-refractivity contribution in [2.45, 2.75) is 0 Å². The van der Waals surface area contributed by atoms with Gasteiger partial charge in [-0.3, -0.25) is 0 Å². The van der Waals surface area contributed by atoms with Crippen LogP contribution in [0.5, 0.6) is 5.88 Å². The second-order valence-corrected chi connectivity index (χ2v) is 2.37. The molecule has 64 valence electrons. The molecule has 0 saturated carbocycles. The monoisotopic (exact) mass is 279 g/mol. The smallest absolute Gasteiger partial charge is 0.353 e. The molecule has 12 heavy (non-hydrogen) atoms. The van der Waals surface area contributed by atoms with Gasteiger partial charge in [-0.2, -0.15) is 0 Å². The highest BCUT2D eigenvalue weighted by Gasteiger charge is 2.12. The maximum atomic E-state index is 11.0. The molecular formula is C7H6INO3. The number of ether oxygens (including phenoxy) is 1. The van der Waals surface area contributed by atoms with Crippen molar-refractivity contribution in [1.82, 2.24) is 4.98 Å². The molecule has 0 amide bonds. The van der Waals surface area contributed by atoms with Crippen molar-refractivity contribution in [2.75, 3.05) is 7.11 Å². The minimum Gasteiger partial charge on any atom is -0.480 e. The van der Waals surface area contributed by atoms with Gasteiger partial charge in [-0.05, 0) is 12.1 Å². The van der Waals surface area contributed by atoms with Crippen molar-refractivity contribution in [3.05, 3.63) is 23.9 Å². The summed E-state index contributed by atoms with van der Waals surface area (Å²) >= 11 is 1.52. The fraction of sp³-hybridized carbons (Fsp3) is 0.143. The van der Waals surface area contributed by atoms with E-state index >= 15 is 0 Å². The number of carbonyl (C=O) groups excluding carboxylic acids is 1. The molecular weight excluding hydrogens is 273 g/mol. The van der Waals surface area contributed by atoms with Gasteiger partial charge in [0.15, 0.2) is 23.0 Å². The van der Waals surface area contributed by atoms with Gasteiger partial charge in [0.05, 0.1) is 7.11 Å². The molecule has 0 aromatic carbocycles. The fourth-order valence-corrected chi connectivity index (χ4v) is 0.988. The first kappa shape index (κ1) is 9.24. The van der Waals surface area contributed by atoms with E-state index in [1.54, 1.807) is 18.3 Å². The first-order chi connectivity index (χ1) is 5.79. The van der Waals surface area contributed by atoms with Crippen LogP contribution in [0.3, 0.4) is 0 Å². The molecule has 0 unspecified atom stereocenters. The number of nitrogens with zero attached hydrogens (tertiary/aromatic N) is 1. The van der Waals surface area contributed by atoms with Crippen LogP contribution in [0, 0.1) is 0 Å². The zero-order chi connectivity index (χ0) is 8.97. The Balaban J connectivity index is 3.04. The van der Waals surface area contributed by atoms with Gasteiger partial charge < -0.3 is 7.80 Å². The van der Waals surface area contributed by atoms with Gasteiger partial charge in [-0.25, -0.2) is 9.78 Å². The first-order valence-electron chi connectivity index (χ1n) is 3.11. The van der Waals surface area contributed by atoms with Crippen molar-refractivity contribution >= 4 is 29.0 Å². The summed E-state index contributed by atoms with van der Waals surface area (Å²) in [6.45, 7) is 0. The van der Waals surface area contributed by atoms with Crippen LogP contribution < -0.4 is 4.74 Å². The van der Waals surface area contributed by atoms with Crippen molar-refractivity contribution in [2.24, 2.45) is 0 Å². The van der Waals surface area contributed by atoms with Crippen LogP contribution in [0.25, 0.3) is 0 Å². The van der Waals surface area contributed by atoms with Crippen LogP contribution in [0.15, 0.2) is 18.3 Å². The minimum absolute atomic E-state index is 0.277. The van der Waals surface area contributed by atoms with Crippen LogP contribution in [0.4, 0.5) is 0 Å². The molecule has 0 saturated heterocycles. The third kappa shape index (κ3) is 1.84. The lowest BCUT2D eigenvalue weighted by molar-refractivity contribution is 0.0796. The maximum Gasteiger partial charge on any atom is 0.353 e. The fourth-order valence-electron chi connectivity index (χ4n) is 0.750. The molecule has 0 atom stereocenters. The minimum atomic E-state index is -0.458. The summed E-state index contributed by atoms with van der Waals surface area (Å²) in [6.07, 6.45) is 1.54. The zero-order valence-corrected chi connectivity index (χ0v) is 8.44. The molecule has 4 nitrogen and oxygen atoms in total. The Morgan fingerprint density at radius 2 is 2.42 bits per heavy atom. The number of hydrogen-bond donors (Lipinski definition) is 0. The van der Waals surface area contributed by atoms with Gasteiger partial charge in [0.1, 0.15) is 5.56 Å². The van der Waals surface area contributed by atoms with Gasteiger partial charge in [0, 0.05) is 6.20 Å². The summed E-state index contributed by atoms with van der Waals surface area (Å²) in [7, 11) is 1.45. The molecule has 0 fully saturated rings. The number of hydrogen-bond acceptors (Lipinski definition) is 4. The summed E-state index contributed by atoms with van der Waals surface area (Å²) in [5.41, 5.74) is 0.328. The molecule has 0 N–H and O–H groups in total. The number of carbonyl (C=O) groups is 1. The van der Waals surface area contributed by atoms with Crippen LogP contribution >= 0.6 is 23.0 Å². The second-order valence-electron chi connectivity index (χ2n) is 1.92. The third-order valence-corrected chi connectivity index (χ3v) is 1.65. The lowest BCUT2D eigenvalue weighted by Crippen LogP contribution is -2.02. The first-order valence-corrected chi connectivity index (χ1v) is 3.99.